The normalized spacial score (nSPS) is 9.45. The number of hydrogen-bond donors (Lipinski definition) is 2. The Morgan fingerprint density at radius 3 is 1.91 bits per heavy atom. The lowest BCUT2D eigenvalue weighted by atomic mass is 10.8. The van der Waals surface area contributed by atoms with E-state index in [0.29, 0.717) is 6.61 Å². The van der Waals surface area contributed by atoms with Gasteiger partial charge in [0.15, 0.2) is 0 Å². The third-order valence-corrected chi connectivity index (χ3v) is 0.348. The maximum absolute atomic E-state index is 9.82. The van der Waals surface area contributed by atoms with E-state index < -0.39 is 10.3 Å². The highest BCUT2D eigenvalue weighted by atomic mass is 32.2. The first-order chi connectivity index (χ1) is 4.77. The first-order valence-corrected chi connectivity index (χ1v) is 4.16. The van der Waals surface area contributed by atoms with Crippen LogP contribution >= 0.6 is 0 Å². The predicted molar refractivity (Wildman–Crippen MR) is 38.0 cm³/mol. The lowest BCUT2D eigenvalue weighted by molar-refractivity contribution is -0.140. The lowest BCUT2D eigenvalue weighted by Gasteiger charge is -1.89. The summed E-state index contributed by atoms with van der Waals surface area (Å²) in [6, 6.07) is 0. The Bertz CT molecular complexity index is 189. The predicted octanol–water partition coefficient (Wildman–Crippen LogP) is -0.683. The van der Waals surface area contributed by atoms with Gasteiger partial charge in [-0.15, -0.1) is 0 Å². The Morgan fingerprint density at radius 2 is 1.91 bits per heavy atom. The van der Waals surface area contributed by atoms with Gasteiger partial charge in [0.1, 0.15) is 0 Å². The first kappa shape index (κ1) is 13.0. The number of ether oxygens (including phenoxy) is 1. The number of rotatable bonds is 1. The second kappa shape index (κ2) is 6.08. The van der Waals surface area contributed by atoms with Gasteiger partial charge < -0.3 is 4.74 Å². The molecule has 0 aliphatic heterocycles. The third-order valence-electron chi connectivity index (χ3n) is 0.348. The van der Waals surface area contributed by atoms with Crippen molar-refractivity contribution in [3.05, 3.63) is 0 Å². The van der Waals surface area contributed by atoms with Gasteiger partial charge in [-0.25, -0.2) is 5.14 Å². The van der Waals surface area contributed by atoms with Crippen LogP contribution in [0.5, 0.6) is 0 Å². The van der Waals surface area contributed by atoms with Gasteiger partial charge in [-0.1, -0.05) is 0 Å². The van der Waals surface area contributed by atoms with Crippen LogP contribution in [0.25, 0.3) is 0 Å². The molecule has 0 saturated carbocycles. The summed E-state index contributed by atoms with van der Waals surface area (Å²) in [5.41, 5.74) is 0. The van der Waals surface area contributed by atoms with E-state index >= 15 is 0 Å². The number of esters is 1. The van der Waals surface area contributed by atoms with Gasteiger partial charge in [-0.2, -0.15) is 8.42 Å². The summed E-state index contributed by atoms with van der Waals surface area (Å²) >= 11 is 0. The van der Waals surface area contributed by atoms with Gasteiger partial charge in [-0.3, -0.25) is 9.35 Å². The van der Waals surface area contributed by atoms with Crippen LogP contribution in [0.15, 0.2) is 0 Å². The standard InChI is InChI=1S/C4H8O2.H3NO3S/c1-3-6-4(2)5;1-5(2,3)4/h3H2,1-2H3;(H3,1,2,3,4). The smallest absolute Gasteiger partial charge is 0.330 e. The molecule has 11 heavy (non-hydrogen) atoms. The van der Waals surface area contributed by atoms with Crippen LogP contribution in [0.1, 0.15) is 13.8 Å². The highest BCUT2D eigenvalue weighted by Gasteiger charge is 1.82. The van der Waals surface area contributed by atoms with E-state index in [1.54, 1.807) is 6.92 Å². The molecule has 0 heterocycles. The summed E-state index contributed by atoms with van der Waals surface area (Å²) in [5, 5.41) is 3.88. The van der Waals surface area contributed by atoms with Gasteiger partial charge in [-0.05, 0) is 6.92 Å². The van der Waals surface area contributed by atoms with Crippen molar-refractivity contribution in [3.8, 4) is 0 Å². The van der Waals surface area contributed by atoms with E-state index in [0.717, 1.165) is 0 Å². The molecule has 0 aliphatic carbocycles. The second-order valence-corrected chi connectivity index (χ2v) is 2.47. The Morgan fingerprint density at radius 1 is 1.64 bits per heavy atom. The Hall–Kier alpha value is -0.660. The topological polar surface area (TPSA) is 107 Å². The van der Waals surface area contributed by atoms with E-state index in [4.69, 9.17) is 13.0 Å². The Labute approximate surface area is 65.2 Å². The fraction of sp³-hybridized carbons (Fsp3) is 0.750. The highest BCUT2D eigenvalue weighted by molar-refractivity contribution is 7.83. The summed E-state index contributed by atoms with van der Waals surface area (Å²) in [5.74, 6) is -0.211. The number of carbonyl (C=O) groups is 1. The van der Waals surface area contributed by atoms with Crippen LogP contribution < -0.4 is 5.14 Å². The summed E-state index contributed by atoms with van der Waals surface area (Å²) < 4.78 is 29.6. The van der Waals surface area contributed by atoms with Crippen LogP contribution in [0.3, 0.4) is 0 Å². The molecule has 0 fully saturated rings. The van der Waals surface area contributed by atoms with Crippen molar-refractivity contribution in [3.63, 3.8) is 0 Å². The molecule has 0 aromatic carbocycles. The van der Waals surface area contributed by atoms with Crippen molar-refractivity contribution < 1.29 is 22.5 Å². The molecule has 0 aromatic rings. The van der Waals surface area contributed by atoms with Gasteiger partial charge in [0, 0.05) is 6.92 Å². The molecule has 0 aromatic heterocycles. The average Bonchev–Trinajstić information content (AvgIpc) is 1.58. The molecule has 6 nitrogen and oxygen atoms in total. The molecule has 0 saturated heterocycles. The van der Waals surface area contributed by atoms with E-state index in [9.17, 15) is 4.79 Å². The fourth-order valence-electron chi connectivity index (χ4n) is 0.203. The van der Waals surface area contributed by atoms with Gasteiger partial charge >= 0.3 is 16.3 Å². The number of carbonyl (C=O) groups excluding carboxylic acids is 1. The van der Waals surface area contributed by atoms with Crippen molar-refractivity contribution >= 4 is 16.3 Å². The molecule has 0 bridgehead atoms. The van der Waals surface area contributed by atoms with Crippen LogP contribution in [0, 0.1) is 0 Å². The molecule has 3 N–H and O–H groups in total. The van der Waals surface area contributed by atoms with Crippen molar-refractivity contribution in [2.45, 2.75) is 13.8 Å². The summed E-state index contributed by atoms with van der Waals surface area (Å²) in [6.07, 6.45) is 0. The van der Waals surface area contributed by atoms with E-state index in [1.165, 1.54) is 6.92 Å². The van der Waals surface area contributed by atoms with E-state index in [-0.39, 0.29) is 5.97 Å². The van der Waals surface area contributed by atoms with Crippen molar-refractivity contribution in [2.24, 2.45) is 5.14 Å². The van der Waals surface area contributed by atoms with Gasteiger partial charge in [0.05, 0.1) is 6.61 Å². The molecule has 68 valence electrons. The molecule has 0 aliphatic rings. The molecule has 0 spiro atoms. The third kappa shape index (κ3) is 91.9. The maximum atomic E-state index is 9.82. The molecular formula is C4H11NO5S. The minimum Gasteiger partial charge on any atom is -0.466 e. The van der Waals surface area contributed by atoms with Crippen molar-refractivity contribution in [1.29, 1.82) is 0 Å². The zero-order valence-electron chi connectivity index (χ0n) is 6.27. The molecule has 0 rings (SSSR count). The minimum atomic E-state index is -4.17. The molecule has 0 atom stereocenters. The number of hydrogen-bond acceptors (Lipinski definition) is 4. The Balaban J connectivity index is 0. The van der Waals surface area contributed by atoms with Crippen molar-refractivity contribution in [1.82, 2.24) is 0 Å². The molecular weight excluding hydrogens is 174 g/mol. The lowest BCUT2D eigenvalue weighted by Crippen LogP contribution is -2.08. The van der Waals surface area contributed by atoms with E-state index in [1.807, 2.05) is 0 Å². The highest BCUT2D eigenvalue weighted by Crippen LogP contribution is 1.69. The van der Waals surface area contributed by atoms with Gasteiger partial charge in [0.2, 0.25) is 0 Å². The maximum Gasteiger partial charge on any atom is 0.330 e. The van der Waals surface area contributed by atoms with Crippen LogP contribution in [0.4, 0.5) is 0 Å². The average molecular weight is 185 g/mol. The summed E-state index contributed by atoms with van der Waals surface area (Å²) in [6.45, 7) is 3.65. The molecule has 0 amide bonds. The van der Waals surface area contributed by atoms with E-state index in [2.05, 4.69) is 9.88 Å². The quantitative estimate of drug-likeness (QED) is 0.415. The summed E-state index contributed by atoms with van der Waals surface area (Å²) in [7, 11) is -4.17. The zero-order chi connectivity index (χ0) is 9.49. The number of nitrogens with two attached hydrogens (primary N) is 1. The molecule has 0 radical (unpaired) electrons. The fourth-order valence-corrected chi connectivity index (χ4v) is 0.203. The SMILES string of the molecule is CCOC(C)=O.NS(=O)(=O)O. The second-order valence-electron chi connectivity index (χ2n) is 1.44. The van der Waals surface area contributed by atoms with Crippen LogP contribution in [-0.4, -0.2) is 25.5 Å². The first-order valence-electron chi connectivity index (χ1n) is 2.66. The minimum absolute atomic E-state index is 0.211. The largest absolute Gasteiger partial charge is 0.466 e. The van der Waals surface area contributed by atoms with Gasteiger partial charge in [0.25, 0.3) is 0 Å². The van der Waals surface area contributed by atoms with Crippen molar-refractivity contribution in [2.75, 3.05) is 6.61 Å². The van der Waals surface area contributed by atoms with Crippen LogP contribution in [-0.2, 0) is 19.8 Å². The Kier molecular flexibility index (Phi) is 7.16. The summed E-state index contributed by atoms with van der Waals surface area (Å²) in [4.78, 5) is 9.82. The van der Waals surface area contributed by atoms with Crippen LogP contribution in [0.2, 0.25) is 0 Å². The zero-order valence-corrected chi connectivity index (χ0v) is 7.09. The molecule has 7 heteroatoms. The molecule has 0 unspecified atom stereocenters. The monoisotopic (exact) mass is 185 g/mol.